The van der Waals surface area contributed by atoms with Crippen LogP contribution in [0.4, 0.5) is 0 Å². The predicted octanol–water partition coefficient (Wildman–Crippen LogP) is -0.701. The third-order valence-electron chi connectivity index (χ3n) is 0.744. The molecule has 6 nitrogen and oxygen atoms in total. The molecule has 1 rings (SSSR count). The van der Waals surface area contributed by atoms with Gasteiger partial charge in [-0.05, 0) is 0 Å². The number of carbonyl (C=O) groups is 2. The molecule has 2 N–H and O–H groups in total. The summed E-state index contributed by atoms with van der Waals surface area (Å²) in [5.41, 5.74) is 0. The Labute approximate surface area is 105 Å². The molecule has 1 fully saturated rings. The maximum absolute atomic E-state index is 9.00. The summed E-state index contributed by atoms with van der Waals surface area (Å²) >= 11 is 0. The van der Waals surface area contributed by atoms with Crippen molar-refractivity contribution in [2.45, 2.75) is 13.8 Å². The normalized spacial score (nSPS) is 12.9. The van der Waals surface area contributed by atoms with Crippen molar-refractivity contribution < 1.29 is 29.3 Å². The molecule has 0 bridgehead atoms. The fraction of sp³-hybridized carbons (Fsp3) is 0.750. The van der Waals surface area contributed by atoms with E-state index in [1.807, 2.05) is 0 Å². The zero-order valence-corrected chi connectivity index (χ0v) is 11.7. The summed E-state index contributed by atoms with van der Waals surface area (Å²) in [5, 5.41) is 14.8. The van der Waals surface area contributed by atoms with Crippen LogP contribution in [0.25, 0.3) is 0 Å². The number of carboxylic acids is 2. The monoisotopic (exact) mass is 340 g/mol. The van der Waals surface area contributed by atoms with Crippen LogP contribution in [0.3, 0.4) is 0 Å². The molecular formula is C8H18O6Te. The molecule has 0 aromatic carbocycles. The van der Waals surface area contributed by atoms with Gasteiger partial charge in [0.05, 0.1) is 26.4 Å². The van der Waals surface area contributed by atoms with E-state index in [1.165, 1.54) is 0 Å². The Morgan fingerprint density at radius 2 is 1.00 bits per heavy atom. The van der Waals surface area contributed by atoms with E-state index in [1.54, 1.807) is 0 Å². The summed E-state index contributed by atoms with van der Waals surface area (Å²) < 4.78 is 9.89. The molecule has 0 aromatic heterocycles. The molecule has 0 radical (unpaired) electrons. The molecule has 0 saturated carbocycles. The van der Waals surface area contributed by atoms with E-state index >= 15 is 0 Å². The van der Waals surface area contributed by atoms with E-state index in [4.69, 9.17) is 29.3 Å². The summed E-state index contributed by atoms with van der Waals surface area (Å²) in [4.78, 5) is 18.0. The van der Waals surface area contributed by atoms with Gasteiger partial charge in [0.2, 0.25) is 0 Å². The van der Waals surface area contributed by atoms with Gasteiger partial charge in [-0.15, -0.1) is 0 Å². The van der Waals surface area contributed by atoms with Gasteiger partial charge in [0.1, 0.15) is 0 Å². The fourth-order valence-corrected chi connectivity index (χ4v) is 0.440. The Morgan fingerprint density at radius 3 is 1.07 bits per heavy atom. The van der Waals surface area contributed by atoms with Crippen molar-refractivity contribution in [1.29, 1.82) is 0 Å². The van der Waals surface area contributed by atoms with Gasteiger partial charge >= 0.3 is 23.7 Å². The SMILES string of the molecule is C1COCCO1.CC(=O)O.CC(=O)O.[TeH2]. The Morgan fingerprint density at radius 1 is 0.867 bits per heavy atom. The molecule has 92 valence electrons. The second-order valence-electron chi connectivity index (χ2n) is 2.26. The standard InChI is InChI=1S/C4H8O2.2C2H4O2.H2Te/c1-2-6-4-3-5-1;2*1-2(3)4;/h1-4H2;2*1H3,(H,3,4);1H2. The second-order valence-corrected chi connectivity index (χ2v) is 2.26. The van der Waals surface area contributed by atoms with Crippen molar-refractivity contribution in [3.8, 4) is 0 Å². The van der Waals surface area contributed by atoms with E-state index < -0.39 is 11.9 Å². The Hall–Kier alpha value is -0.350. The van der Waals surface area contributed by atoms with Gasteiger partial charge in [-0.3, -0.25) is 9.59 Å². The van der Waals surface area contributed by atoms with Crippen LogP contribution in [-0.2, 0) is 19.1 Å². The van der Waals surface area contributed by atoms with E-state index in [9.17, 15) is 0 Å². The van der Waals surface area contributed by atoms with Gasteiger partial charge in [-0.1, -0.05) is 0 Å². The van der Waals surface area contributed by atoms with Crippen LogP contribution in [0.2, 0.25) is 0 Å². The second kappa shape index (κ2) is 16.1. The topological polar surface area (TPSA) is 93.1 Å². The third-order valence-corrected chi connectivity index (χ3v) is 0.744. The van der Waals surface area contributed by atoms with Crippen LogP contribution in [-0.4, -0.2) is 72.2 Å². The Kier molecular flexibility index (Phi) is 21.6. The minimum absolute atomic E-state index is 0. The fourth-order valence-electron chi connectivity index (χ4n) is 0.440. The average Bonchev–Trinajstić information content (AvgIpc) is 2.05. The molecule has 0 unspecified atom stereocenters. The molecule has 0 aromatic rings. The van der Waals surface area contributed by atoms with E-state index in [0.29, 0.717) is 0 Å². The van der Waals surface area contributed by atoms with E-state index in [-0.39, 0.29) is 23.7 Å². The first-order chi connectivity index (χ1) is 6.46. The molecule has 15 heavy (non-hydrogen) atoms. The zero-order chi connectivity index (χ0) is 11.4. The molecule has 0 spiro atoms. The Balaban J connectivity index is -0.000000145. The van der Waals surface area contributed by atoms with Gasteiger partial charge in [-0.25, -0.2) is 0 Å². The first-order valence-corrected chi connectivity index (χ1v) is 4.01. The number of hydrogen-bond donors (Lipinski definition) is 2. The van der Waals surface area contributed by atoms with Gasteiger partial charge in [-0.2, -0.15) is 0 Å². The first kappa shape index (κ1) is 20.1. The number of aliphatic carboxylic acids is 2. The van der Waals surface area contributed by atoms with Crippen LogP contribution < -0.4 is 0 Å². The summed E-state index contributed by atoms with van der Waals surface area (Å²) in [5.74, 6) is -1.67. The minimum atomic E-state index is -0.833. The van der Waals surface area contributed by atoms with Crippen LogP contribution in [0.5, 0.6) is 0 Å². The summed E-state index contributed by atoms with van der Waals surface area (Å²) in [7, 11) is 0. The zero-order valence-electron chi connectivity index (χ0n) is 8.86. The molecular weight excluding hydrogens is 320 g/mol. The van der Waals surface area contributed by atoms with Crippen molar-refractivity contribution >= 4 is 35.6 Å². The van der Waals surface area contributed by atoms with Crippen molar-refractivity contribution in [1.82, 2.24) is 0 Å². The van der Waals surface area contributed by atoms with Crippen molar-refractivity contribution in [2.24, 2.45) is 0 Å². The summed E-state index contributed by atoms with van der Waals surface area (Å²) in [6, 6.07) is 0. The maximum atomic E-state index is 9.00. The molecule has 0 amide bonds. The van der Waals surface area contributed by atoms with Crippen LogP contribution in [0.1, 0.15) is 13.8 Å². The molecule has 1 heterocycles. The number of carboxylic acid groups (broad SMARTS) is 2. The molecule has 1 aliphatic heterocycles. The van der Waals surface area contributed by atoms with Crippen LogP contribution >= 0.6 is 0 Å². The van der Waals surface area contributed by atoms with Crippen LogP contribution in [0.15, 0.2) is 0 Å². The van der Waals surface area contributed by atoms with Crippen LogP contribution in [0, 0.1) is 0 Å². The van der Waals surface area contributed by atoms with Gasteiger partial charge in [0.15, 0.2) is 0 Å². The quantitative estimate of drug-likeness (QED) is 0.568. The molecule has 1 saturated heterocycles. The molecule has 0 aliphatic carbocycles. The van der Waals surface area contributed by atoms with Gasteiger partial charge in [0, 0.05) is 13.8 Å². The third kappa shape index (κ3) is 58.0. The molecule has 1 aliphatic rings. The van der Waals surface area contributed by atoms with Crippen molar-refractivity contribution in [2.75, 3.05) is 26.4 Å². The van der Waals surface area contributed by atoms with Crippen molar-refractivity contribution in [3.63, 3.8) is 0 Å². The molecule has 0 atom stereocenters. The summed E-state index contributed by atoms with van der Waals surface area (Å²) in [6.45, 7) is 5.28. The van der Waals surface area contributed by atoms with E-state index in [0.717, 1.165) is 40.3 Å². The van der Waals surface area contributed by atoms with Gasteiger partial charge < -0.3 is 19.7 Å². The van der Waals surface area contributed by atoms with Crippen molar-refractivity contribution in [3.05, 3.63) is 0 Å². The van der Waals surface area contributed by atoms with Gasteiger partial charge in [0.25, 0.3) is 11.9 Å². The molecule has 7 heteroatoms. The average molecular weight is 338 g/mol. The first-order valence-electron chi connectivity index (χ1n) is 4.01. The summed E-state index contributed by atoms with van der Waals surface area (Å²) in [6.07, 6.45) is 0. The number of rotatable bonds is 0. The number of hydrogen-bond acceptors (Lipinski definition) is 4. The van der Waals surface area contributed by atoms with E-state index in [2.05, 4.69) is 0 Å². The Bertz CT molecular complexity index is 126. The predicted molar refractivity (Wildman–Crippen MR) is 56.8 cm³/mol. The number of ether oxygens (including phenoxy) is 2.